The summed E-state index contributed by atoms with van der Waals surface area (Å²) in [5.74, 6) is -0.250. The number of hydrogen-bond acceptors (Lipinski definition) is 5. The van der Waals surface area contributed by atoms with E-state index in [0.29, 0.717) is 13.1 Å². The minimum atomic E-state index is -0.598. The molecule has 1 aromatic rings. The molecule has 1 saturated heterocycles. The number of carbonyl (C=O) groups is 1. The van der Waals surface area contributed by atoms with Crippen LogP contribution in [0.3, 0.4) is 0 Å². The summed E-state index contributed by atoms with van der Waals surface area (Å²) in [7, 11) is 0. The number of hydrogen-bond donors (Lipinski definition) is 0. The fraction of sp³-hybridized carbons (Fsp3) is 0.538. The van der Waals surface area contributed by atoms with E-state index in [1.807, 2.05) is 13.8 Å². The molecule has 0 N–H and O–H groups in total. The zero-order valence-corrected chi connectivity index (χ0v) is 11.9. The summed E-state index contributed by atoms with van der Waals surface area (Å²) in [6.07, 6.45) is 0.951. The van der Waals surface area contributed by atoms with Gasteiger partial charge < -0.3 is 9.64 Å². The van der Waals surface area contributed by atoms with E-state index in [4.69, 9.17) is 4.74 Å². The molecule has 0 spiro atoms. The molecule has 0 bridgehead atoms. The lowest BCUT2D eigenvalue weighted by molar-refractivity contribution is -0.385. The van der Waals surface area contributed by atoms with E-state index in [1.54, 1.807) is 4.90 Å². The van der Waals surface area contributed by atoms with Gasteiger partial charge in [0.15, 0.2) is 0 Å². The molecular formula is C13H17N3O5. The van der Waals surface area contributed by atoms with Crippen molar-refractivity contribution in [3.63, 3.8) is 0 Å². The number of morpholine rings is 1. The highest BCUT2D eigenvalue weighted by molar-refractivity contribution is 5.76. The minimum Gasteiger partial charge on any atom is -0.372 e. The first-order valence-corrected chi connectivity index (χ1v) is 6.65. The van der Waals surface area contributed by atoms with Crippen LogP contribution in [-0.4, -0.2) is 45.6 Å². The van der Waals surface area contributed by atoms with Gasteiger partial charge in [-0.1, -0.05) is 0 Å². The molecule has 114 valence electrons. The van der Waals surface area contributed by atoms with Gasteiger partial charge in [0.25, 0.3) is 11.2 Å². The van der Waals surface area contributed by atoms with Gasteiger partial charge in [-0.2, -0.15) is 0 Å². The summed E-state index contributed by atoms with van der Waals surface area (Å²) in [4.78, 5) is 35.7. The van der Waals surface area contributed by atoms with Gasteiger partial charge in [-0.05, 0) is 13.8 Å². The van der Waals surface area contributed by atoms with E-state index in [-0.39, 0.29) is 30.3 Å². The molecule has 0 radical (unpaired) electrons. The Labute approximate surface area is 121 Å². The van der Waals surface area contributed by atoms with Gasteiger partial charge in [0.1, 0.15) is 6.54 Å². The molecule has 8 nitrogen and oxygen atoms in total. The van der Waals surface area contributed by atoms with E-state index in [0.717, 1.165) is 22.9 Å². The summed E-state index contributed by atoms with van der Waals surface area (Å²) in [5.41, 5.74) is -0.658. The van der Waals surface area contributed by atoms with E-state index < -0.39 is 10.5 Å². The maximum atomic E-state index is 12.2. The van der Waals surface area contributed by atoms with Crippen molar-refractivity contribution in [2.24, 2.45) is 0 Å². The van der Waals surface area contributed by atoms with Crippen LogP contribution in [0, 0.1) is 10.1 Å². The topological polar surface area (TPSA) is 94.7 Å². The van der Waals surface area contributed by atoms with Crippen LogP contribution in [0.5, 0.6) is 0 Å². The number of pyridine rings is 1. The third-order valence-electron chi connectivity index (χ3n) is 3.26. The number of nitrogens with zero attached hydrogens (tertiary/aromatic N) is 3. The molecule has 21 heavy (non-hydrogen) atoms. The van der Waals surface area contributed by atoms with Gasteiger partial charge in [0, 0.05) is 25.2 Å². The molecule has 8 heteroatoms. The lowest BCUT2D eigenvalue weighted by atomic mass is 10.2. The van der Waals surface area contributed by atoms with E-state index in [9.17, 15) is 19.7 Å². The Morgan fingerprint density at radius 2 is 2.00 bits per heavy atom. The Morgan fingerprint density at radius 3 is 2.57 bits per heavy atom. The van der Waals surface area contributed by atoms with Crippen LogP contribution in [0.15, 0.2) is 23.1 Å². The normalized spacial score (nSPS) is 22.1. The standard InChI is InChI=1S/C13H17N3O5/c1-9-5-14(6-10(2)21-9)13(18)8-15-7-11(16(19)20)3-4-12(15)17/h3-4,7,9-10H,5-6,8H2,1-2H3/t9-,10+. The van der Waals surface area contributed by atoms with Crippen molar-refractivity contribution in [1.29, 1.82) is 0 Å². The third-order valence-corrected chi connectivity index (χ3v) is 3.26. The number of carbonyl (C=O) groups excluding carboxylic acids is 1. The van der Waals surface area contributed by atoms with Crippen molar-refractivity contribution in [2.75, 3.05) is 13.1 Å². The number of amides is 1. The second-order valence-electron chi connectivity index (χ2n) is 5.17. The summed E-state index contributed by atoms with van der Waals surface area (Å²) in [6, 6.07) is 2.22. The highest BCUT2D eigenvalue weighted by Gasteiger charge is 2.26. The summed E-state index contributed by atoms with van der Waals surface area (Å²) in [6.45, 7) is 4.44. The minimum absolute atomic E-state index is 0.0699. The average molecular weight is 295 g/mol. The molecular weight excluding hydrogens is 278 g/mol. The van der Waals surface area contributed by atoms with Crippen LogP contribution < -0.4 is 5.56 Å². The van der Waals surface area contributed by atoms with Crippen molar-refractivity contribution in [1.82, 2.24) is 9.47 Å². The Bertz CT molecular complexity index is 602. The van der Waals surface area contributed by atoms with Crippen molar-refractivity contribution in [2.45, 2.75) is 32.6 Å². The Hall–Kier alpha value is -2.22. The number of aromatic nitrogens is 1. The third kappa shape index (κ3) is 3.66. The van der Waals surface area contributed by atoms with Gasteiger partial charge in [-0.3, -0.25) is 24.3 Å². The Balaban J connectivity index is 2.14. The van der Waals surface area contributed by atoms with Crippen LogP contribution in [-0.2, 0) is 16.1 Å². The molecule has 2 atom stereocenters. The van der Waals surface area contributed by atoms with Gasteiger partial charge in [-0.25, -0.2) is 0 Å². The average Bonchev–Trinajstić information content (AvgIpc) is 2.39. The van der Waals surface area contributed by atoms with Crippen molar-refractivity contribution >= 4 is 11.6 Å². The molecule has 2 rings (SSSR count). The molecule has 0 unspecified atom stereocenters. The Kier molecular flexibility index (Phi) is 4.37. The van der Waals surface area contributed by atoms with E-state index in [2.05, 4.69) is 0 Å². The van der Waals surface area contributed by atoms with Gasteiger partial charge in [0.05, 0.1) is 23.3 Å². The zero-order chi connectivity index (χ0) is 15.6. The number of rotatable bonds is 3. The summed E-state index contributed by atoms with van der Waals surface area (Å²) in [5, 5.41) is 10.7. The lowest BCUT2D eigenvalue weighted by Crippen LogP contribution is -2.49. The highest BCUT2D eigenvalue weighted by Crippen LogP contribution is 2.12. The van der Waals surface area contributed by atoms with Crippen LogP contribution in [0.2, 0.25) is 0 Å². The van der Waals surface area contributed by atoms with Crippen LogP contribution >= 0.6 is 0 Å². The molecule has 1 aromatic heterocycles. The molecule has 1 amide bonds. The molecule has 0 saturated carbocycles. The van der Waals surface area contributed by atoms with E-state index in [1.165, 1.54) is 0 Å². The largest absolute Gasteiger partial charge is 0.372 e. The van der Waals surface area contributed by atoms with Crippen molar-refractivity contribution in [3.8, 4) is 0 Å². The molecule has 0 aromatic carbocycles. The highest BCUT2D eigenvalue weighted by atomic mass is 16.6. The molecule has 1 fully saturated rings. The number of ether oxygens (including phenoxy) is 1. The monoisotopic (exact) mass is 295 g/mol. The van der Waals surface area contributed by atoms with Gasteiger partial charge in [0.2, 0.25) is 5.91 Å². The Morgan fingerprint density at radius 1 is 1.38 bits per heavy atom. The first-order chi connectivity index (χ1) is 9.86. The number of nitro groups is 1. The van der Waals surface area contributed by atoms with Crippen molar-refractivity contribution in [3.05, 3.63) is 38.8 Å². The first-order valence-electron chi connectivity index (χ1n) is 6.65. The lowest BCUT2D eigenvalue weighted by Gasteiger charge is -2.35. The first kappa shape index (κ1) is 15.2. The fourth-order valence-electron chi connectivity index (χ4n) is 2.38. The van der Waals surface area contributed by atoms with Crippen LogP contribution in [0.1, 0.15) is 13.8 Å². The van der Waals surface area contributed by atoms with Gasteiger partial charge in [-0.15, -0.1) is 0 Å². The van der Waals surface area contributed by atoms with Gasteiger partial charge >= 0.3 is 0 Å². The molecule has 2 heterocycles. The summed E-state index contributed by atoms with van der Waals surface area (Å²) >= 11 is 0. The second kappa shape index (κ2) is 6.04. The maximum Gasteiger partial charge on any atom is 0.285 e. The maximum absolute atomic E-state index is 12.2. The predicted octanol–water partition coefficient (Wildman–Crippen LogP) is 0.392. The van der Waals surface area contributed by atoms with Crippen LogP contribution in [0.4, 0.5) is 5.69 Å². The van der Waals surface area contributed by atoms with Crippen LogP contribution in [0.25, 0.3) is 0 Å². The fourth-order valence-corrected chi connectivity index (χ4v) is 2.38. The summed E-state index contributed by atoms with van der Waals surface area (Å²) < 4.78 is 6.60. The zero-order valence-electron chi connectivity index (χ0n) is 11.9. The van der Waals surface area contributed by atoms with E-state index >= 15 is 0 Å². The molecule has 0 aliphatic carbocycles. The van der Waals surface area contributed by atoms with Crippen molar-refractivity contribution < 1.29 is 14.5 Å². The molecule has 1 aliphatic heterocycles. The second-order valence-corrected chi connectivity index (χ2v) is 5.17. The predicted molar refractivity (Wildman–Crippen MR) is 73.9 cm³/mol. The SMILES string of the molecule is C[C@@H]1CN(C(=O)Cn2cc([N+](=O)[O-])ccc2=O)C[C@H](C)O1. The quantitative estimate of drug-likeness (QED) is 0.594. The molecule has 1 aliphatic rings. The smallest absolute Gasteiger partial charge is 0.285 e.